The van der Waals surface area contributed by atoms with Gasteiger partial charge in [-0.25, -0.2) is 8.42 Å². The number of carbonyl (C=O) groups is 2. The van der Waals surface area contributed by atoms with Crippen LogP contribution in [0.2, 0.25) is 10.0 Å². The lowest BCUT2D eigenvalue weighted by molar-refractivity contribution is -0.140. The Morgan fingerprint density at radius 1 is 0.972 bits per heavy atom. The number of halogens is 2. The molecule has 0 aliphatic rings. The molecule has 0 radical (unpaired) electrons. The summed E-state index contributed by atoms with van der Waals surface area (Å²) in [6.45, 7) is 7.71. The Bertz CT molecular complexity index is 1150. The zero-order chi connectivity index (χ0) is 27.0. The molecule has 0 aromatic heterocycles. The minimum absolute atomic E-state index is 0.0691. The van der Waals surface area contributed by atoms with Gasteiger partial charge in [0, 0.05) is 25.6 Å². The first kappa shape index (κ1) is 29.9. The van der Waals surface area contributed by atoms with E-state index in [9.17, 15) is 18.0 Å². The maximum Gasteiger partial charge on any atom is 0.242 e. The smallest absolute Gasteiger partial charge is 0.242 e. The topological polar surface area (TPSA) is 86.8 Å². The summed E-state index contributed by atoms with van der Waals surface area (Å²) in [6, 6.07) is 11.6. The van der Waals surface area contributed by atoms with Crippen LogP contribution >= 0.6 is 23.2 Å². The highest BCUT2D eigenvalue weighted by Crippen LogP contribution is 2.24. The number of hydrogen-bond donors (Lipinski definition) is 1. The Labute approximate surface area is 224 Å². The molecule has 10 heteroatoms. The molecule has 7 nitrogen and oxygen atoms in total. The van der Waals surface area contributed by atoms with Crippen LogP contribution in [0.3, 0.4) is 0 Å². The average molecular weight is 557 g/mol. The minimum atomic E-state index is -3.54. The molecular formula is C26H35Cl2N3O4S. The molecule has 2 aromatic carbocycles. The third-order valence-electron chi connectivity index (χ3n) is 5.72. The first-order valence-corrected chi connectivity index (χ1v) is 14.5. The molecular weight excluding hydrogens is 521 g/mol. The summed E-state index contributed by atoms with van der Waals surface area (Å²) in [5, 5.41) is 3.60. The van der Waals surface area contributed by atoms with Gasteiger partial charge in [0.05, 0.1) is 22.0 Å². The van der Waals surface area contributed by atoms with E-state index in [0.29, 0.717) is 15.7 Å². The van der Waals surface area contributed by atoms with Crippen molar-refractivity contribution >= 4 is 50.7 Å². The molecule has 2 aromatic rings. The zero-order valence-corrected chi connectivity index (χ0v) is 23.8. The molecule has 0 fully saturated rings. The lowest BCUT2D eigenvalue weighted by Gasteiger charge is -2.30. The Morgan fingerprint density at radius 2 is 1.58 bits per heavy atom. The van der Waals surface area contributed by atoms with Crippen LogP contribution < -0.4 is 9.62 Å². The number of amides is 2. The quantitative estimate of drug-likeness (QED) is 0.397. The molecule has 0 aliphatic carbocycles. The van der Waals surface area contributed by atoms with Crippen LogP contribution in [-0.4, -0.2) is 50.0 Å². The fraction of sp³-hybridized carbons (Fsp3) is 0.462. The normalized spacial score (nSPS) is 12.3. The van der Waals surface area contributed by atoms with Gasteiger partial charge in [-0.2, -0.15) is 0 Å². The van der Waals surface area contributed by atoms with E-state index in [4.69, 9.17) is 23.2 Å². The molecule has 36 heavy (non-hydrogen) atoms. The molecule has 0 heterocycles. The van der Waals surface area contributed by atoms with Crippen molar-refractivity contribution in [1.82, 2.24) is 10.2 Å². The summed E-state index contributed by atoms with van der Waals surface area (Å²) in [4.78, 5) is 27.5. The highest BCUT2D eigenvalue weighted by molar-refractivity contribution is 7.92. The van der Waals surface area contributed by atoms with Crippen molar-refractivity contribution in [2.45, 2.75) is 65.6 Å². The summed E-state index contributed by atoms with van der Waals surface area (Å²) in [7, 11) is -3.54. The monoisotopic (exact) mass is 555 g/mol. The van der Waals surface area contributed by atoms with Gasteiger partial charge in [-0.3, -0.25) is 13.9 Å². The van der Waals surface area contributed by atoms with Crippen LogP contribution in [0.1, 0.15) is 51.7 Å². The minimum Gasteiger partial charge on any atom is -0.352 e. The lowest BCUT2D eigenvalue weighted by atomic mass is 10.1. The summed E-state index contributed by atoms with van der Waals surface area (Å²) >= 11 is 12.2. The van der Waals surface area contributed by atoms with Crippen LogP contribution in [0.5, 0.6) is 0 Å². The Kier molecular flexibility index (Phi) is 11.1. The van der Waals surface area contributed by atoms with Crippen molar-refractivity contribution in [1.29, 1.82) is 0 Å². The molecule has 1 N–H and O–H groups in total. The average Bonchev–Trinajstić information content (AvgIpc) is 2.80. The molecule has 1 atom stereocenters. The van der Waals surface area contributed by atoms with Crippen LogP contribution in [0.4, 0.5) is 5.69 Å². The Balaban J connectivity index is 2.19. The van der Waals surface area contributed by atoms with E-state index in [-0.39, 0.29) is 43.8 Å². The summed E-state index contributed by atoms with van der Waals surface area (Å²) in [6.07, 6.45) is 2.36. The first-order valence-electron chi connectivity index (χ1n) is 11.9. The predicted octanol–water partition coefficient (Wildman–Crippen LogP) is 5.04. The Morgan fingerprint density at radius 3 is 2.11 bits per heavy atom. The van der Waals surface area contributed by atoms with E-state index in [0.717, 1.165) is 23.8 Å². The number of hydrogen-bond acceptors (Lipinski definition) is 4. The van der Waals surface area contributed by atoms with Crippen LogP contribution in [0, 0.1) is 0 Å². The second kappa shape index (κ2) is 13.3. The van der Waals surface area contributed by atoms with Crippen molar-refractivity contribution in [2.75, 3.05) is 17.1 Å². The second-order valence-electron chi connectivity index (χ2n) is 9.07. The molecule has 0 bridgehead atoms. The first-order chi connectivity index (χ1) is 16.8. The summed E-state index contributed by atoms with van der Waals surface area (Å²) < 4.78 is 26.2. The van der Waals surface area contributed by atoms with Gasteiger partial charge in [0.1, 0.15) is 6.04 Å². The van der Waals surface area contributed by atoms with Gasteiger partial charge in [-0.05, 0) is 69.0 Å². The van der Waals surface area contributed by atoms with Gasteiger partial charge >= 0.3 is 0 Å². The molecule has 0 unspecified atom stereocenters. The SMILES string of the molecule is CCc1ccc(N(CCCC(=O)N(Cc2ccc(Cl)c(Cl)c2)[C@H](C)C(=O)NC(C)C)S(C)(=O)=O)cc1. The third kappa shape index (κ3) is 8.68. The number of sulfonamides is 1. The van der Waals surface area contributed by atoms with Gasteiger partial charge in [-0.15, -0.1) is 0 Å². The molecule has 2 amide bonds. The van der Waals surface area contributed by atoms with Crippen LogP contribution in [0.15, 0.2) is 42.5 Å². The standard InChI is InChI=1S/C26H35Cl2N3O4S/c1-6-20-9-12-22(13-10-20)31(36(5,34)35)15-7-8-25(32)30(19(4)26(33)29-18(2)3)17-21-11-14-23(27)24(28)16-21/h9-14,16,18-19H,6-8,15,17H2,1-5H3,(H,29,33)/t19-/m1/s1. The molecule has 198 valence electrons. The van der Waals surface area contributed by atoms with E-state index < -0.39 is 16.1 Å². The molecule has 0 aliphatic heterocycles. The van der Waals surface area contributed by atoms with E-state index in [2.05, 4.69) is 5.32 Å². The number of anilines is 1. The molecule has 0 saturated heterocycles. The van der Waals surface area contributed by atoms with E-state index in [1.54, 1.807) is 37.3 Å². The zero-order valence-electron chi connectivity index (χ0n) is 21.4. The number of rotatable bonds is 12. The van der Waals surface area contributed by atoms with Crippen molar-refractivity contribution in [3.05, 3.63) is 63.6 Å². The maximum atomic E-state index is 13.3. The number of aryl methyl sites for hydroxylation is 1. The fourth-order valence-corrected chi connectivity index (χ4v) is 5.01. The third-order valence-corrected chi connectivity index (χ3v) is 7.65. The molecule has 0 spiro atoms. The maximum absolute atomic E-state index is 13.3. The second-order valence-corrected chi connectivity index (χ2v) is 11.8. The number of nitrogens with one attached hydrogen (secondary N) is 1. The predicted molar refractivity (Wildman–Crippen MR) is 147 cm³/mol. The van der Waals surface area contributed by atoms with Gasteiger partial charge < -0.3 is 10.2 Å². The van der Waals surface area contributed by atoms with Gasteiger partial charge in [-0.1, -0.05) is 48.3 Å². The van der Waals surface area contributed by atoms with E-state index >= 15 is 0 Å². The lowest BCUT2D eigenvalue weighted by Crippen LogP contribution is -2.49. The highest BCUT2D eigenvalue weighted by Gasteiger charge is 2.27. The van der Waals surface area contributed by atoms with Gasteiger partial charge in [0.25, 0.3) is 0 Å². The Hall–Kier alpha value is -2.29. The molecule has 2 rings (SSSR count). The van der Waals surface area contributed by atoms with Crippen molar-refractivity contribution in [2.24, 2.45) is 0 Å². The van der Waals surface area contributed by atoms with Gasteiger partial charge in [0.2, 0.25) is 21.8 Å². The number of nitrogens with zero attached hydrogens (tertiary/aromatic N) is 2. The van der Waals surface area contributed by atoms with Crippen LogP contribution in [-0.2, 0) is 32.6 Å². The number of carbonyl (C=O) groups excluding carboxylic acids is 2. The van der Waals surface area contributed by atoms with Crippen LogP contribution in [0.25, 0.3) is 0 Å². The van der Waals surface area contributed by atoms with E-state index in [1.165, 1.54) is 9.21 Å². The van der Waals surface area contributed by atoms with Crippen molar-refractivity contribution < 1.29 is 18.0 Å². The fourth-order valence-electron chi connectivity index (χ4n) is 3.72. The van der Waals surface area contributed by atoms with Crippen molar-refractivity contribution in [3.63, 3.8) is 0 Å². The van der Waals surface area contributed by atoms with Crippen molar-refractivity contribution in [3.8, 4) is 0 Å². The highest BCUT2D eigenvalue weighted by atomic mass is 35.5. The number of benzene rings is 2. The largest absolute Gasteiger partial charge is 0.352 e. The van der Waals surface area contributed by atoms with Gasteiger partial charge in [0.15, 0.2) is 0 Å². The molecule has 0 saturated carbocycles. The van der Waals surface area contributed by atoms with E-state index in [1.807, 2.05) is 32.9 Å². The summed E-state index contributed by atoms with van der Waals surface area (Å²) in [5.74, 6) is -0.533. The summed E-state index contributed by atoms with van der Waals surface area (Å²) in [5.41, 5.74) is 2.39.